The first kappa shape index (κ1) is 25.7. The van der Waals surface area contributed by atoms with Gasteiger partial charge in [0.15, 0.2) is 0 Å². The summed E-state index contributed by atoms with van der Waals surface area (Å²) in [5.74, 6) is -0.110. The Bertz CT molecular complexity index is 1020. The van der Waals surface area contributed by atoms with Gasteiger partial charge < -0.3 is 10.2 Å². The molecule has 4 nitrogen and oxygen atoms in total. The number of amides is 2. The third kappa shape index (κ3) is 8.14. The topological polar surface area (TPSA) is 49.4 Å². The van der Waals surface area contributed by atoms with Crippen LogP contribution in [0.15, 0.2) is 89.4 Å². The summed E-state index contributed by atoms with van der Waals surface area (Å²) >= 11 is 3.48. The van der Waals surface area contributed by atoms with Crippen molar-refractivity contribution in [1.82, 2.24) is 10.2 Å². The van der Waals surface area contributed by atoms with Crippen LogP contribution in [-0.4, -0.2) is 29.3 Å². The maximum Gasteiger partial charge on any atom is 0.243 e. The van der Waals surface area contributed by atoms with Crippen molar-refractivity contribution >= 4 is 27.7 Å². The molecule has 3 aromatic rings. The molecule has 1 atom stereocenters. The fraction of sp³-hybridized carbons (Fsp3) is 0.310. The van der Waals surface area contributed by atoms with E-state index in [4.69, 9.17) is 0 Å². The van der Waals surface area contributed by atoms with Gasteiger partial charge in [-0.2, -0.15) is 0 Å². The summed E-state index contributed by atoms with van der Waals surface area (Å²) in [5.41, 5.74) is 3.15. The fourth-order valence-electron chi connectivity index (χ4n) is 3.89. The first-order valence-electron chi connectivity index (χ1n) is 12.0. The lowest BCUT2D eigenvalue weighted by Crippen LogP contribution is -2.50. The van der Waals surface area contributed by atoms with Gasteiger partial charge in [-0.05, 0) is 41.7 Å². The molecule has 0 radical (unpaired) electrons. The Morgan fingerprint density at radius 1 is 0.853 bits per heavy atom. The Kier molecular flexibility index (Phi) is 10.4. The molecular formula is C29H33BrN2O2. The van der Waals surface area contributed by atoms with Crippen LogP contribution >= 0.6 is 15.9 Å². The second-order valence-electron chi connectivity index (χ2n) is 8.48. The molecule has 0 aliphatic carbocycles. The van der Waals surface area contributed by atoms with Crippen molar-refractivity contribution in [1.29, 1.82) is 0 Å². The van der Waals surface area contributed by atoms with Crippen molar-refractivity contribution in [2.75, 3.05) is 6.54 Å². The minimum absolute atomic E-state index is 0.0154. The molecule has 0 saturated carbocycles. The number of carbonyl (C=O) groups excluding carboxylic acids is 2. The number of nitrogens with one attached hydrogen (secondary N) is 1. The highest BCUT2D eigenvalue weighted by molar-refractivity contribution is 9.10. The van der Waals surface area contributed by atoms with E-state index in [-0.39, 0.29) is 11.8 Å². The quantitative estimate of drug-likeness (QED) is 0.300. The summed E-state index contributed by atoms with van der Waals surface area (Å²) in [6, 6.07) is 27.3. The van der Waals surface area contributed by atoms with Crippen LogP contribution in [-0.2, 0) is 29.0 Å². The van der Waals surface area contributed by atoms with Gasteiger partial charge in [0.25, 0.3) is 0 Å². The summed E-state index contributed by atoms with van der Waals surface area (Å²) in [6.07, 6.45) is 3.40. The fourth-order valence-corrected chi connectivity index (χ4v) is 4.15. The van der Waals surface area contributed by atoms with Gasteiger partial charge in [0.2, 0.25) is 11.8 Å². The van der Waals surface area contributed by atoms with E-state index in [0.29, 0.717) is 32.4 Å². The van der Waals surface area contributed by atoms with Crippen LogP contribution < -0.4 is 5.32 Å². The lowest BCUT2D eigenvalue weighted by atomic mass is 10.0. The third-order valence-electron chi connectivity index (χ3n) is 5.84. The third-order valence-corrected chi connectivity index (χ3v) is 6.37. The molecule has 178 valence electrons. The predicted octanol–water partition coefficient (Wildman–Crippen LogP) is 5.94. The molecule has 0 saturated heterocycles. The second kappa shape index (κ2) is 13.7. The summed E-state index contributed by atoms with van der Waals surface area (Å²) in [4.78, 5) is 28.7. The molecule has 0 spiro atoms. The molecule has 0 fully saturated rings. The first-order chi connectivity index (χ1) is 16.6. The molecule has 0 bridgehead atoms. The minimum Gasteiger partial charge on any atom is -0.354 e. The van der Waals surface area contributed by atoms with Crippen LogP contribution in [0, 0.1) is 0 Å². The molecule has 0 heterocycles. The number of unbranched alkanes of at least 4 members (excludes halogenated alkanes) is 1. The van der Waals surface area contributed by atoms with Crippen molar-refractivity contribution in [3.63, 3.8) is 0 Å². The van der Waals surface area contributed by atoms with E-state index in [0.717, 1.165) is 34.0 Å². The number of halogens is 1. The molecule has 0 aliphatic rings. The van der Waals surface area contributed by atoms with E-state index in [1.807, 2.05) is 84.9 Å². The number of nitrogens with zero attached hydrogens (tertiary/aromatic N) is 1. The van der Waals surface area contributed by atoms with Gasteiger partial charge in [-0.3, -0.25) is 9.59 Å². The summed E-state index contributed by atoms with van der Waals surface area (Å²) in [6.45, 7) is 3.10. The van der Waals surface area contributed by atoms with E-state index >= 15 is 0 Å². The van der Waals surface area contributed by atoms with Crippen LogP contribution in [0.2, 0.25) is 0 Å². The number of aryl methyl sites for hydroxylation is 1. The standard InChI is InChI=1S/C29H33BrN2O2/c1-2-3-20-31-29(34)27(21-24-12-8-5-9-13-24)32(22-25-14-17-26(30)18-15-25)28(33)19-16-23-10-6-4-7-11-23/h4-15,17-18,27H,2-3,16,19-22H2,1H3,(H,31,34)/t27-/m1/s1. The van der Waals surface area contributed by atoms with Crippen LogP contribution in [0.25, 0.3) is 0 Å². The van der Waals surface area contributed by atoms with Gasteiger partial charge in [-0.15, -0.1) is 0 Å². The van der Waals surface area contributed by atoms with E-state index in [1.54, 1.807) is 4.90 Å². The maximum atomic E-state index is 13.6. The van der Waals surface area contributed by atoms with Crippen LogP contribution in [0.4, 0.5) is 0 Å². The lowest BCUT2D eigenvalue weighted by molar-refractivity contribution is -0.141. The summed E-state index contributed by atoms with van der Waals surface area (Å²) in [7, 11) is 0. The Labute approximate surface area is 211 Å². The smallest absolute Gasteiger partial charge is 0.243 e. The lowest BCUT2D eigenvalue weighted by Gasteiger charge is -2.31. The van der Waals surface area contributed by atoms with Gasteiger partial charge in [0, 0.05) is 30.4 Å². The summed E-state index contributed by atoms with van der Waals surface area (Å²) in [5, 5.41) is 3.07. The van der Waals surface area contributed by atoms with Crippen LogP contribution in [0.1, 0.15) is 42.9 Å². The van der Waals surface area contributed by atoms with E-state index in [2.05, 4.69) is 28.2 Å². The molecular weight excluding hydrogens is 488 g/mol. The van der Waals surface area contributed by atoms with Crippen molar-refractivity contribution < 1.29 is 9.59 Å². The molecule has 0 aliphatic heterocycles. The highest BCUT2D eigenvalue weighted by Gasteiger charge is 2.30. The van der Waals surface area contributed by atoms with Crippen molar-refractivity contribution in [3.05, 3.63) is 106 Å². The normalized spacial score (nSPS) is 11.6. The monoisotopic (exact) mass is 520 g/mol. The van der Waals surface area contributed by atoms with Gasteiger partial charge in [0.05, 0.1) is 0 Å². The average Bonchev–Trinajstić information content (AvgIpc) is 2.87. The van der Waals surface area contributed by atoms with Crippen molar-refractivity contribution in [3.8, 4) is 0 Å². The molecule has 2 amide bonds. The Hall–Kier alpha value is -2.92. The molecule has 3 rings (SSSR count). The summed E-state index contributed by atoms with van der Waals surface area (Å²) < 4.78 is 0.983. The molecule has 5 heteroatoms. The van der Waals surface area contributed by atoms with Crippen molar-refractivity contribution in [2.24, 2.45) is 0 Å². The number of hydrogen-bond acceptors (Lipinski definition) is 2. The number of hydrogen-bond donors (Lipinski definition) is 1. The van der Waals surface area contributed by atoms with E-state index in [1.165, 1.54) is 0 Å². The SMILES string of the molecule is CCCCNC(=O)[C@@H](Cc1ccccc1)N(Cc1ccc(Br)cc1)C(=O)CCc1ccccc1. The second-order valence-corrected chi connectivity index (χ2v) is 9.40. The van der Waals surface area contributed by atoms with Gasteiger partial charge >= 0.3 is 0 Å². The van der Waals surface area contributed by atoms with Crippen LogP contribution in [0.5, 0.6) is 0 Å². The molecule has 0 aromatic heterocycles. The highest BCUT2D eigenvalue weighted by atomic mass is 79.9. The zero-order valence-corrected chi connectivity index (χ0v) is 21.3. The van der Waals surface area contributed by atoms with Gasteiger partial charge in [0.1, 0.15) is 6.04 Å². The number of rotatable bonds is 12. The average molecular weight is 521 g/mol. The predicted molar refractivity (Wildman–Crippen MR) is 141 cm³/mol. The van der Waals surface area contributed by atoms with Crippen LogP contribution in [0.3, 0.4) is 0 Å². The van der Waals surface area contributed by atoms with Gasteiger partial charge in [-0.25, -0.2) is 0 Å². The molecule has 0 unspecified atom stereocenters. The zero-order valence-electron chi connectivity index (χ0n) is 19.8. The molecule has 3 aromatic carbocycles. The minimum atomic E-state index is -0.578. The number of benzene rings is 3. The molecule has 1 N–H and O–H groups in total. The Balaban J connectivity index is 1.86. The largest absolute Gasteiger partial charge is 0.354 e. The Morgan fingerprint density at radius 2 is 1.47 bits per heavy atom. The van der Waals surface area contributed by atoms with E-state index in [9.17, 15) is 9.59 Å². The maximum absolute atomic E-state index is 13.6. The van der Waals surface area contributed by atoms with Gasteiger partial charge in [-0.1, -0.05) is 102 Å². The number of carbonyl (C=O) groups is 2. The Morgan fingerprint density at radius 3 is 2.09 bits per heavy atom. The van der Waals surface area contributed by atoms with E-state index < -0.39 is 6.04 Å². The highest BCUT2D eigenvalue weighted by Crippen LogP contribution is 2.18. The van der Waals surface area contributed by atoms with Crippen molar-refractivity contribution in [2.45, 2.75) is 51.6 Å². The molecule has 34 heavy (non-hydrogen) atoms. The zero-order chi connectivity index (χ0) is 24.2. The first-order valence-corrected chi connectivity index (χ1v) is 12.8.